The van der Waals surface area contributed by atoms with E-state index in [1.54, 1.807) is 0 Å². The zero-order chi connectivity index (χ0) is 6.16. The molecule has 2 heteroatoms. The molecule has 2 aliphatic rings. The Bertz CT molecular complexity index is 136. The molecule has 1 saturated carbocycles. The van der Waals surface area contributed by atoms with E-state index in [0.717, 1.165) is 6.61 Å². The van der Waals surface area contributed by atoms with Crippen LogP contribution in [0.25, 0.3) is 0 Å². The zero-order valence-corrected chi connectivity index (χ0v) is 5.39. The van der Waals surface area contributed by atoms with Gasteiger partial charge in [-0.25, -0.2) is 4.99 Å². The van der Waals surface area contributed by atoms with Crippen molar-refractivity contribution in [1.82, 2.24) is 0 Å². The van der Waals surface area contributed by atoms with Crippen molar-refractivity contribution < 1.29 is 4.74 Å². The average Bonchev–Trinajstić information content (AvgIpc) is 2.45. The van der Waals surface area contributed by atoms with E-state index in [1.807, 2.05) is 0 Å². The lowest BCUT2D eigenvalue weighted by molar-refractivity contribution is 0.264. The molecule has 2 rings (SSSR count). The summed E-state index contributed by atoms with van der Waals surface area (Å²) in [5.74, 6) is 0. The highest BCUT2D eigenvalue weighted by atomic mass is 16.5. The third-order valence-corrected chi connectivity index (χ3v) is 2.22. The molecule has 49 valence electrons. The normalized spacial score (nSPS) is 29.3. The van der Waals surface area contributed by atoms with Crippen LogP contribution in [0.15, 0.2) is 4.99 Å². The Labute approximate surface area is 54.9 Å². The van der Waals surface area contributed by atoms with Gasteiger partial charge in [-0.1, -0.05) is 12.8 Å². The largest absolute Gasteiger partial charge is 0.471 e. The maximum absolute atomic E-state index is 4.97. The second-order valence-corrected chi connectivity index (χ2v) is 2.92. The predicted octanol–water partition coefficient (Wildman–Crippen LogP) is 1.23. The molecule has 0 aromatic rings. The van der Waals surface area contributed by atoms with Crippen molar-refractivity contribution in [3.05, 3.63) is 0 Å². The average molecular weight is 124 g/mol. The van der Waals surface area contributed by atoms with Crippen molar-refractivity contribution >= 4 is 6.40 Å². The first-order valence-corrected chi connectivity index (χ1v) is 3.50. The molecule has 0 atom stereocenters. The second-order valence-electron chi connectivity index (χ2n) is 2.92. The molecule has 1 fully saturated rings. The van der Waals surface area contributed by atoms with Gasteiger partial charge in [-0.15, -0.1) is 0 Å². The monoisotopic (exact) mass is 124 g/mol. The number of hydrogen-bond acceptors (Lipinski definition) is 2. The molecular formula is C7H10NO. The molecule has 0 aromatic heterocycles. The summed E-state index contributed by atoms with van der Waals surface area (Å²) in [6.45, 7) is 0.785. The molecule has 1 heterocycles. The van der Waals surface area contributed by atoms with Gasteiger partial charge in [0.1, 0.15) is 6.61 Å². The Hall–Kier alpha value is -0.530. The van der Waals surface area contributed by atoms with E-state index in [9.17, 15) is 0 Å². The molecule has 0 bridgehead atoms. The summed E-state index contributed by atoms with van der Waals surface area (Å²) in [5, 5.41) is 0. The Morgan fingerprint density at radius 1 is 1.33 bits per heavy atom. The van der Waals surface area contributed by atoms with Gasteiger partial charge in [0.25, 0.3) is 6.40 Å². The van der Waals surface area contributed by atoms with Crippen LogP contribution in [0, 0.1) is 0 Å². The molecule has 0 unspecified atom stereocenters. The van der Waals surface area contributed by atoms with Crippen molar-refractivity contribution in [2.75, 3.05) is 6.61 Å². The summed E-state index contributed by atoms with van der Waals surface area (Å²) in [6, 6.07) is 0. The van der Waals surface area contributed by atoms with Crippen molar-refractivity contribution in [3.63, 3.8) is 0 Å². The summed E-state index contributed by atoms with van der Waals surface area (Å²) in [4.78, 5) is 4.19. The molecule has 0 saturated heterocycles. The SMILES string of the molecule is [C]1=NC2(CCCC2)CO1. The molecular weight excluding hydrogens is 114 g/mol. The third kappa shape index (κ3) is 0.732. The van der Waals surface area contributed by atoms with Crippen LogP contribution in [-0.2, 0) is 4.74 Å². The lowest BCUT2D eigenvalue weighted by Crippen LogP contribution is -2.22. The number of hydrogen-bond donors (Lipinski definition) is 0. The number of rotatable bonds is 0. The van der Waals surface area contributed by atoms with Crippen LogP contribution in [0.1, 0.15) is 25.7 Å². The fraction of sp³-hybridized carbons (Fsp3) is 0.857. The minimum atomic E-state index is 0.181. The minimum absolute atomic E-state index is 0.181. The summed E-state index contributed by atoms with van der Waals surface area (Å²) >= 11 is 0. The Balaban J connectivity index is 2.13. The number of ether oxygens (including phenoxy) is 1. The molecule has 1 radical (unpaired) electrons. The van der Waals surface area contributed by atoms with Crippen LogP contribution in [-0.4, -0.2) is 18.5 Å². The quantitative estimate of drug-likeness (QED) is 0.476. The molecule has 0 amide bonds. The highest BCUT2D eigenvalue weighted by Gasteiger charge is 2.36. The molecule has 1 spiro atoms. The van der Waals surface area contributed by atoms with Gasteiger partial charge in [0.15, 0.2) is 0 Å². The Morgan fingerprint density at radius 3 is 2.67 bits per heavy atom. The van der Waals surface area contributed by atoms with Crippen molar-refractivity contribution in [3.8, 4) is 0 Å². The smallest absolute Gasteiger partial charge is 0.273 e. The van der Waals surface area contributed by atoms with Gasteiger partial charge in [-0.05, 0) is 12.8 Å². The van der Waals surface area contributed by atoms with Gasteiger partial charge in [0.05, 0.1) is 5.54 Å². The predicted molar refractivity (Wildman–Crippen MR) is 34.6 cm³/mol. The third-order valence-electron chi connectivity index (χ3n) is 2.22. The van der Waals surface area contributed by atoms with E-state index in [-0.39, 0.29) is 5.54 Å². The highest BCUT2D eigenvalue weighted by molar-refractivity contribution is 5.50. The van der Waals surface area contributed by atoms with Gasteiger partial charge < -0.3 is 4.74 Å². The van der Waals surface area contributed by atoms with E-state index < -0.39 is 0 Å². The lowest BCUT2D eigenvalue weighted by Gasteiger charge is -2.14. The van der Waals surface area contributed by atoms with Crippen LogP contribution in [0.4, 0.5) is 0 Å². The summed E-state index contributed by atoms with van der Waals surface area (Å²) < 4.78 is 4.97. The van der Waals surface area contributed by atoms with Crippen molar-refractivity contribution in [2.24, 2.45) is 4.99 Å². The van der Waals surface area contributed by atoms with Crippen LogP contribution < -0.4 is 0 Å². The molecule has 1 aliphatic carbocycles. The van der Waals surface area contributed by atoms with E-state index >= 15 is 0 Å². The topological polar surface area (TPSA) is 21.6 Å². The van der Waals surface area contributed by atoms with Gasteiger partial charge in [0, 0.05) is 0 Å². The Kier molecular flexibility index (Phi) is 1.01. The van der Waals surface area contributed by atoms with Gasteiger partial charge in [0.2, 0.25) is 0 Å². The fourth-order valence-electron chi connectivity index (χ4n) is 1.62. The second kappa shape index (κ2) is 1.72. The maximum Gasteiger partial charge on any atom is 0.273 e. The first kappa shape index (κ1) is 5.27. The standard InChI is InChI=1S/C7H10NO/c1-2-4-7(3-1)5-9-6-8-7/h1-5H2. The summed E-state index contributed by atoms with van der Waals surface area (Å²) in [7, 11) is 0. The van der Waals surface area contributed by atoms with Crippen molar-refractivity contribution in [1.29, 1.82) is 0 Å². The maximum atomic E-state index is 4.97. The van der Waals surface area contributed by atoms with E-state index in [4.69, 9.17) is 4.74 Å². The first-order chi connectivity index (χ1) is 4.41. The van der Waals surface area contributed by atoms with Crippen molar-refractivity contribution in [2.45, 2.75) is 31.2 Å². The van der Waals surface area contributed by atoms with Gasteiger partial charge >= 0.3 is 0 Å². The van der Waals surface area contributed by atoms with Crippen LogP contribution in [0.2, 0.25) is 0 Å². The van der Waals surface area contributed by atoms with E-state index in [0.29, 0.717) is 0 Å². The highest BCUT2D eigenvalue weighted by Crippen LogP contribution is 2.35. The first-order valence-electron chi connectivity index (χ1n) is 3.50. The summed E-state index contributed by atoms with van der Waals surface area (Å²) in [5.41, 5.74) is 0.181. The van der Waals surface area contributed by atoms with E-state index in [1.165, 1.54) is 25.7 Å². The van der Waals surface area contributed by atoms with Crippen LogP contribution >= 0.6 is 0 Å². The minimum Gasteiger partial charge on any atom is -0.471 e. The Morgan fingerprint density at radius 2 is 2.11 bits per heavy atom. The number of nitrogens with zero attached hydrogens (tertiary/aromatic N) is 1. The van der Waals surface area contributed by atoms with Crippen LogP contribution in [0.5, 0.6) is 0 Å². The molecule has 1 aliphatic heterocycles. The molecule has 0 N–H and O–H groups in total. The zero-order valence-electron chi connectivity index (χ0n) is 5.39. The van der Waals surface area contributed by atoms with Crippen LogP contribution in [0.3, 0.4) is 0 Å². The van der Waals surface area contributed by atoms with Gasteiger partial charge in [-0.3, -0.25) is 0 Å². The molecule has 2 nitrogen and oxygen atoms in total. The van der Waals surface area contributed by atoms with Gasteiger partial charge in [-0.2, -0.15) is 0 Å². The lowest BCUT2D eigenvalue weighted by atomic mass is 10.0. The molecule has 9 heavy (non-hydrogen) atoms. The molecule has 0 aromatic carbocycles. The summed E-state index contributed by atoms with van der Waals surface area (Å²) in [6.07, 6.45) is 7.62. The number of aliphatic imine (C=N–C) groups is 1. The fourth-order valence-corrected chi connectivity index (χ4v) is 1.62. The van der Waals surface area contributed by atoms with E-state index in [2.05, 4.69) is 11.4 Å².